The standard InChI is InChI=1S/C30H29F2N4O6PS/c31-30(32,43(40,41)42)21-7-10-25-19(12-21)13-26(44-25)27(37)34-23-6-2-5-22-8-9-24(36(22)28(23)38)29(39)35-15-20(16-35)18-4-1-3-17(11-18)14-33/h1,3-4,7,10-13,20,22-24H,2,5-6,8-9,15-16H2,(H,34,37)(H2,40,41,42)/t22?,23?,24-/m0/s1. The Bertz CT molecular complexity index is 1750. The minimum absolute atomic E-state index is 0.0961. The van der Waals surface area contributed by atoms with Gasteiger partial charge in [0.2, 0.25) is 11.8 Å². The number of nitriles is 1. The van der Waals surface area contributed by atoms with E-state index in [1.54, 1.807) is 15.9 Å². The first-order valence-electron chi connectivity index (χ1n) is 14.3. The summed E-state index contributed by atoms with van der Waals surface area (Å²) in [7, 11) is -5.75. The molecule has 3 amide bonds. The Kier molecular flexibility index (Phi) is 7.82. The van der Waals surface area contributed by atoms with Crippen LogP contribution in [-0.2, 0) is 19.8 Å². The zero-order valence-electron chi connectivity index (χ0n) is 23.4. The van der Waals surface area contributed by atoms with E-state index in [4.69, 9.17) is 9.79 Å². The van der Waals surface area contributed by atoms with Gasteiger partial charge in [0.05, 0.1) is 16.5 Å². The van der Waals surface area contributed by atoms with Gasteiger partial charge >= 0.3 is 13.3 Å². The van der Waals surface area contributed by atoms with Crippen molar-refractivity contribution in [3.8, 4) is 6.07 Å². The Morgan fingerprint density at radius 3 is 2.57 bits per heavy atom. The van der Waals surface area contributed by atoms with Crippen molar-refractivity contribution in [3.05, 3.63) is 70.1 Å². The number of hydrogen-bond acceptors (Lipinski definition) is 6. The van der Waals surface area contributed by atoms with Crippen LogP contribution in [0.5, 0.6) is 0 Å². The highest BCUT2D eigenvalue weighted by atomic mass is 32.1. The number of halogens is 2. The lowest BCUT2D eigenvalue weighted by Crippen LogP contribution is -2.58. The number of likely N-dealkylation sites (tertiary alicyclic amines) is 1. The number of rotatable bonds is 6. The van der Waals surface area contributed by atoms with E-state index in [-0.39, 0.29) is 34.0 Å². The maximum absolute atomic E-state index is 14.2. The van der Waals surface area contributed by atoms with E-state index in [1.807, 2.05) is 18.2 Å². The lowest BCUT2D eigenvalue weighted by atomic mass is 9.90. The quantitative estimate of drug-likeness (QED) is 0.340. The Hall–Kier alpha value is -3.69. The van der Waals surface area contributed by atoms with Crippen LogP contribution in [0.3, 0.4) is 0 Å². The van der Waals surface area contributed by atoms with E-state index in [1.165, 1.54) is 12.1 Å². The van der Waals surface area contributed by atoms with E-state index < -0.39 is 36.8 Å². The topological polar surface area (TPSA) is 151 Å². The van der Waals surface area contributed by atoms with Crippen molar-refractivity contribution in [1.82, 2.24) is 15.1 Å². The number of nitrogens with one attached hydrogen (secondary N) is 1. The average Bonchev–Trinajstić information content (AvgIpc) is 3.55. The molecular formula is C30H29F2N4O6PS. The number of alkyl halides is 2. The normalized spacial score (nSPS) is 22.7. The fourth-order valence-electron chi connectivity index (χ4n) is 6.42. The summed E-state index contributed by atoms with van der Waals surface area (Å²) in [4.78, 5) is 62.2. The zero-order valence-corrected chi connectivity index (χ0v) is 25.1. The van der Waals surface area contributed by atoms with Crippen LogP contribution in [0.4, 0.5) is 8.78 Å². The molecule has 0 saturated carbocycles. The van der Waals surface area contributed by atoms with Crippen molar-refractivity contribution in [1.29, 1.82) is 5.26 Å². The summed E-state index contributed by atoms with van der Waals surface area (Å²) in [5.41, 5.74) is -3.67. The van der Waals surface area contributed by atoms with Crippen LogP contribution in [0.25, 0.3) is 10.1 Å². The maximum Gasteiger partial charge on any atom is 0.399 e. The molecule has 0 aliphatic carbocycles. The van der Waals surface area contributed by atoms with Crippen molar-refractivity contribution in [2.24, 2.45) is 0 Å². The molecule has 3 atom stereocenters. The van der Waals surface area contributed by atoms with Crippen LogP contribution >= 0.6 is 18.9 Å². The van der Waals surface area contributed by atoms with Crippen LogP contribution in [0.2, 0.25) is 0 Å². The first-order valence-corrected chi connectivity index (χ1v) is 16.7. The molecule has 10 nitrogen and oxygen atoms in total. The third-order valence-corrected chi connectivity index (χ3v) is 10.9. The average molecular weight is 643 g/mol. The molecule has 0 bridgehead atoms. The predicted molar refractivity (Wildman–Crippen MR) is 157 cm³/mol. The molecule has 0 radical (unpaired) electrons. The lowest BCUT2D eigenvalue weighted by Gasteiger charge is -2.42. The number of thiophene rings is 1. The van der Waals surface area contributed by atoms with Gasteiger partial charge in [-0.1, -0.05) is 18.2 Å². The van der Waals surface area contributed by atoms with Crippen molar-refractivity contribution < 1.29 is 37.5 Å². The van der Waals surface area contributed by atoms with Crippen molar-refractivity contribution in [2.75, 3.05) is 13.1 Å². The molecule has 3 aliphatic rings. The van der Waals surface area contributed by atoms with Crippen LogP contribution in [-0.4, -0.2) is 68.5 Å². The molecule has 44 heavy (non-hydrogen) atoms. The predicted octanol–water partition coefficient (Wildman–Crippen LogP) is 4.27. The van der Waals surface area contributed by atoms with E-state index in [2.05, 4.69) is 11.4 Å². The second-order valence-electron chi connectivity index (χ2n) is 11.6. The van der Waals surface area contributed by atoms with Crippen molar-refractivity contribution in [2.45, 2.75) is 61.8 Å². The number of benzene rings is 2. The molecule has 6 rings (SSSR count). The first-order chi connectivity index (χ1) is 20.9. The number of carbonyl (C=O) groups excluding carboxylic acids is 3. The smallest absolute Gasteiger partial charge is 0.340 e. The van der Waals surface area contributed by atoms with E-state index in [9.17, 15) is 33.0 Å². The minimum atomic E-state index is -5.75. The van der Waals surface area contributed by atoms with E-state index >= 15 is 0 Å². The van der Waals surface area contributed by atoms with Crippen LogP contribution in [0.1, 0.15) is 64.4 Å². The molecule has 3 aliphatic heterocycles. The fraction of sp³-hybridized carbons (Fsp3) is 0.400. The number of hydrogen-bond donors (Lipinski definition) is 3. The van der Waals surface area contributed by atoms with Gasteiger partial charge in [-0.2, -0.15) is 14.0 Å². The van der Waals surface area contributed by atoms with Crippen LogP contribution in [0, 0.1) is 11.3 Å². The fourth-order valence-corrected chi connectivity index (χ4v) is 7.84. The maximum atomic E-state index is 14.2. The number of nitrogens with zero attached hydrogens (tertiary/aromatic N) is 3. The molecule has 14 heteroatoms. The second kappa shape index (κ2) is 11.3. The van der Waals surface area contributed by atoms with Gasteiger partial charge in [-0.25, -0.2) is 0 Å². The Morgan fingerprint density at radius 1 is 1.07 bits per heavy atom. The molecule has 0 spiro atoms. The van der Waals surface area contributed by atoms with Gasteiger partial charge in [0.15, 0.2) is 0 Å². The summed E-state index contributed by atoms with van der Waals surface area (Å²) in [5.74, 6) is -0.886. The summed E-state index contributed by atoms with van der Waals surface area (Å²) in [6.07, 6.45) is 3.02. The summed E-state index contributed by atoms with van der Waals surface area (Å²) in [6, 6.07) is 12.4. The lowest BCUT2D eigenvalue weighted by molar-refractivity contribution is -0.148. The molecule has 2 aromatic carbocycles. The summed E-state index contributed by atoms with van der Waals surface area (Å²) in [5, 5.41) is 12.2. The Morgan fingerprint density at radius 2 is 1.84 bits per heavy atom. The molecule has 4 heterocycles. The van der Waals surface area contributed by atoms with Gasteiger partial charge in [-0.15, -0.1) is 11.3 Å². The molecule has 2 unspecified atom stereocenters. The van der Waals surface area contributed by atoms with Crippen LogP contribution < -0.4 is 5.32 Å². The second-order valence-corrected chi connectivity index (χ2v) is 14.3. The summed E-state index contributed by atoms with van der Waals surface area (Å²) < 4.78 is 40.2. The summed E-state index contributed by atoms with van der Waals surface area (Å²) >= 11 is 1.01. The molecule has 1 aromatic heterocycles. The molecule has 3 saturated heterocycles. The molecular weight excluding hydrogens is 613 g/mol. The third kappa shape index (κ3) is 5.41. The monoisotopic (exact) mass is 642 g/mol. The molecule has 230 valence electrons. The SMILES string of the molecule is N#Cc1cccc(C2CN(C(=O)[C@@H]3CCC4CCCC(NC(=O)c5cc6cc(C(F)(F)P(=O)(O)O)ccc6s5)C(=O)N43)C2)c1. The summed E-state index contributed by atoms with van der Waals surface area (Å²) in [6.45, 7) is 1.01. The molecule has 3 fully saturated rings. The largest absolute Gasteiger partial charge is 0.399 e. The van der Waals surface area contributed by atoms with E-state index in [0.29, 0.717) is 55.5 Å². The van der Waals surface area contributed by atoms with Gasteiger partial charge in [0.25, 0.3) is 5.91 Å². The minimum Gasteiger partial charge on any atom is -0.340 e. The van der Waals surface area contributed by atoms with Gasteiger partial charge in [0.1, 0.15) is 12.1 Å². The Labute approximate surface area is 255 Å². The highest BCUT2D eigenvalue weighted by Crippen LogP contribution is 2.59. The third-order valence-electron chi connectivity index (χ3n) is 8.81. The first kappa shape index (κ1) is 30.3. The van der Waals surface area contributed by atoms with Gasteiger partial charge in [0, 0.05) is 35.3 Å². The molecule has 3 aromatic rings. The van der Waals surface area contributed by atoms with E-state index in [0.717, 1.165) is 29.0 Å². The van der Waals surface area contributed by atoms with Gasteiger partial charge in [-0.05, 0) is 73.4 Å². The Balaban J connectivity index is 1.14. The zero-order chi connectivity index (χ0) is 31.4. The highest BCUT2D eigenvalue weighted by Gasteiger charge is 2.50. The van der Waals surface area contributed by atoms with Gasteiger partial charge in [-0.3, -0.25) is 18.9 Å². The number of fused-ring (bicyclic) bond motifs is 2. The highest BCUT2D eigenvalue weighted by molar-refractivity contribution is 7.52. The van der Waals surface area contributed by atoms with Crippen molar-refractivity contribution >= 4 is 46.7 Å². The van der Waals surface area contributed by atoms with Gasteiger partial charge < -0.3 is 24.9 Å². The number of amides is 3. The van der Waals surface area contributed by atoms with Crippen molar-refractivity contribution in [3.63, 3.8) is 0 Å². The molecule has 3 N–H and O–H groups in total. The van der Waals surface area contributed by atoms with Crippen LogP contribution in [0.15, 0.2) is 48.5 Å². The number of carbonyl (C=O) groups is 3.